The van der Waals surface area contributed by atoms with Gasteiger partial charge in [0.05, 0.1) is 0 Å². The molecule has 0 saturated carbocycles. The van der Waals surface area contributed by atoms with Crippen LogP contribution in [0.4, 0.5) is 0 Å². The molecule has 0 aliphatic carbocycles. The fourth-order valence-electron chi connectivity index (χ4n) is 0.802. The van der Waals surface area contributed by atoms with Crippen molar-refractivity contribution in [2.75, 3.05) is 0 Å². The SMILES string of the molecule is C[CH]c1ccccc1SO. The number of hydrogen-bond acceptors (Lipinski definition) is 2. The van der Waals surface area contributed by atoms with Crippen LogP contribution in [0.3, 0.4) is 0 Å². The molecule has 0 heterocycles. The average Bonchev–Trinajstić information content (AvgIpc) is 2.04. The van der Waals surface area contributed by atoms with Crippen molar-refractivity contribution in [1.82, 2.24) is 0 Å². The molecule has 0 aliphatic rings. The van der Waals surface area contributed by atoms with Gasteiger partial charge in [-0.15, -0.1) is 0 Å². The average molecular weight is 153 g/mol. The molecule has 1 aromatic carbocycles. The lowest BCUT2D eigenvalue weighted by Gasteiger charge is -2.00. The van der Waals surface area contributed by atoms with Gasteiger partial charge in [0.2, 0.25) is 0 Å². The molecule has 1 nitrogen and oxygen atoms in total. The third kappa shape index (κ3) is 1.52. The van der Waals surface area contributed by atoms with E-state index in [4.69, 9.17) is 4.55 Å². The van der Waals surface area contributed by atoms with E-state index < -0.39 is 0 Å². The molecule has 0 unspecified atom stereocenters. The maximum Gasteiger partial charge on any atom is 0.0385 e. The van der Waals surface area contributed by atoms with Crippen LogP contribution in [0.25, 0.3) is 0 Å². The molecule has 0 spiro atoms. The van der Waals surface area contributed by atoms with Crippen LogP contribution < -0.4 is 0 Å². The van der Waals surface area contributed by atoms with E-state index in [2.05, 4.69) is 0 Å². The van der Waals surface area contributed by atoms with Crippen molar-refractivity contribution in [3.63, 3.8) is 0 Å². The fraction of sp³-hybridized carbons (Fsp3) is 0.125. The lowest BCUT2D eigenvalue weighted by atomic mass is 10.2. The number of rotatable bonds is 2. The van der Waals surface area contributed by atoms with Crippen LogP contribution in [-0.4, -0.2) is 4.55 Å². The Morgan fingerprint density at radius 1 is 1.40 bits per heavy atom. The van der Waals surface area contributed by atoms with E-state index in [-0.39, 0.29) is 0 Å². The highest BCUT2D eigenvalue weighted by atomic mass is 32.2. The van der Waals surface area contributed by atoms with Gasteiger partial charge in [0.1, 0.15) is 0 Å². The predicted octanol–water partition coefficient (Wildman–Crippen LogP) is 2.82. The minimum Gasteiger partial charge on any atom is -0.325 e. The Balaban J connectivity index is 2.96. The fourth-order valence-corrected chi connectivity index (χ4v) is 1.23. The molecule has 0 bridgehead atoms. The minimum atomic E-state index is 0.789. The van der Waals surface area contributed by atoms with Crippen molar-refractivity contribution >= 4 is 12.0 Å². The van der Waals surface area contributed by atoms with Crippen molar-refractivity contribution in [2.24, 2.45) is 0 Å². The van der Waals surface area contributed by atoms with Crippen molar-refractivity contribution in [1.29, 1.82) is 0 Å². The minimum absolute atomic E-state index is 0.789. The first-order valence-electron chi connectivity index (χ1n) is 3.08. The molecule has 1 rings (SSSR count). The quantitative estimate of drug-likeness (QED) is 0.659. The molecule has 1 N–H and O–H groups in total. The van der Waals surface area contributed by atoms with E-state index in [0.29, 0.717) is 0 Å². The standard InChI is InChI=1S/C8H9OS/c1-2-7-5-3-4-6-8(7)10-9/h2-6,9H,1H3. The van der Waals surface area contributed by atoms with Crippen LogP contribution in [0.2, 0.25) is 0 Å². The van der Waals surface area contributed by atoms with Crippen LogP contribution in [-0.2, 0) is 0 Å². The maximum atomic E-state index is 8.75. The first-order valence-corrected chi connectivity index (χ1v) is 3.85. The van der Waals surface area contributed by atoms with E-state index in [9.17, 15) is 0 Å². The van der Waals surface area contributed by atoms with Gasteiger partial charge in [-0.25, -0.2) is 0 Å². The highest BCUT2D eigenvalue weighted by Gasteiger charge is 1.96. The Morgan fingerprint density at radius 3 is 2.60 bits per heavy atom. The zero-order valence-corrected chi connectivity index (χ0v) is 6.56. The molecule has 0 aromatic heterocycles. The van der Waals surface area contributed by atoms with Crippen LogP contribution in [0.1, 0.15) is 12.5 Å². The highest BCUT2D eigenvalue weighted by molar-refractivity contribution is 7.93. The molecule has 10 heavy (non-hydrogen) atoms. The third-order valence-electron chi connectivity index (χ3n) is 1.33. The molecule has 0 fully saturated rings. The van der Waals surface area contributed by atoms with E-state index in [1.165, 1.54) is 0 Å². The van der Waals surface area contributed by atoms with Gasteiger partial charge in [-0.05, 0) is 18.1 Å². The smallest absolute Gasteiger partial charge is 0.0385 e. The first kappa shape index (κ1) is 7.63. The molecular weight excluding hydrogens is 144 g/mol. The third-order valence-corrected chi connectivity index (χ3v) is 1.90. The van der Waals surface area contributed by atoms with Gasteiger partial charge in [0.25, 0.3) is 0 Å². The van der Waals surface area contributed by atoms with Crippen LogP contribution in [0, 0.1) is 6.42 Å². The lowest BCUT2D eigenvalue weighted by Crippen LogP contribution is -1.80. The van der Waals surface area contributed by atoms with Gasteiger partial charge in [0.15, 0.2) is 0 Å². The summed E-state index contributed by atoms with van der Waals surface area (Å²) in [7, 11) is 0. The molecular formula is C8H9OS. The van der Waals surface area contributed by atoms with E-state index in [1.807, 2.05) is 37.6 Å². The van der Waals surface area contributed by atoms with Crippen molar-refractivity contribution in [2.45, 2.75) is 11.8 Å². The lowest BCUT2D eigenvalue weighted by molar-refractivity contribution is 0.663. The van der Waals surface area contributed by atoms with E-state index >= 15 is 0 Å². The van der Waals surface area contributed by atoms with Gasteiger partial charge in [-0.3, -0.25) is 0 Å². The second kappa shape index (κ2) is 3.64. The summed E-state index contributed by atoms with van der Waals surface area (Å²) in [4.78, 5) is 0.907. The second-order valence-corrected chi connectivity index (χ2v) is 2.54. The molecule has 0 amide bonds. The summed E-state index contributed by atoms with van der Waals surface area (Å²) < 4.78 is 8.75. The summed E-state index contributed by atoms with van der Waals surface area (Å²) >= 11 is 0.789. The van der Waals surface area contributed by atoms with Crippen molar-refractivity contribution in [3.05, 3.63) is 36.2 Å². The number of benzene rings is 1. The Labute approximate surface area is 65.3 Å². The molecule has 53 valence electrons. The van der Waals surface area contributed by atoms with E-state index in [1.54, 1.807) is 0 Å². The predicted molar refractivity (Wildman–Crippen MR) is 44.0 cm³/mol. The Kier molecular flexibility index (Phi) is 2.78. The van der Waals surface area contributed by atoms with Crippen molar-refractivity contribution in [3.8, 4) is 0 Å². The maximum absolute atomic E-state index is 8.75. The summed E-state index contributed by atoms with van der Waals surface area (Å²) in [5, 5.41) is 0. The molecule has 1 radical (unpaired) electrons. The normalized spacial score (nSPS) is 9.80. The Morgan fingerprint density at radius 2 is 2.10 bits per heavy atom. The van der Waals surface area contributed by atoms with Crippen LogP contribution in [0.15, 0.2) is 29.2 Å². The molecule has 1 aromatic rings. The van der Waals surface area contributed by atoms with Crippen LogP contribution in [0.5, 0.6) is 0 Å². The Hall–Kier alpha value is -0.470. The van der Waals surface area contributed by atoms with Gasteiger partial charge >= 0.3 is 0 Å². The zero-order valence-electron chi connectivity index (χ0n) is 5.74. The van der Waals surface area contributed by atoms with Gasteiger partial charge in [0, 0.05) is 16.9 Å². The van der Waals surface area contributed by atoms with Gasteiger partial charge in [-0.2, -0.15) is 0 Å². The highest BCUT2D eigenvalue weighted by Crippen LogP contribution is 2.20. The molecule has 0 aliphatic heterocycles. The summed E-state index contributed by atoms with van der Waals surface area (Å²) in [6.45, 7) is 1.95. The largest absolute Gasteiger partial charge is 0.325 e. The summed E-state index contributed by atoms with van der Waals surface area (Å²) in [5.74, 6) is 0. The topological polar surface area (TPSA) is 20.2 Å². The first-order chi connectivity index (χ1) is 4.88. The monoisotopic (exact) mass is 153 g/mol. The zero-order chi connectivity index (χ0) is 7.40. The molecule has 0 saturated heterocycles. The molecule has 2 heteroatoms. The molecule has 0 atom stereocenters. The van der Waals surface area contributed by atoms with Gasteiger partial charge in [-0.1, -0.05) is 25.1 Å². The van der Waals surface area contributed by atoms with Gasteiger partial charge < -0.3 is 4.55 Å². The summed E-state index contributed by atoms with van der Waals surface area (Å²) in [5.41, 5.74) is 1.08. The van der Waals surface area contributed by atoms with Crippen LogP contribution >= 0.6 is 12.0 Å². The number of hydrogen-bond donors (Lipinski definition) is 1. The Bertz CT molecular complexity index is 187. The summed E-state index contributed by atoms with van der Waals surface area (Å²) in [6.07, 6.45) is 1.97. The second-order valence-electron chi connectivity index (χ2n) is 1.92. The summed E-state index contributed by atoms with van der Waals surface area (Å²) in [6, 6.07) is 7.72. The van der Waals surface area contributed by atoms with Crippen molar-refractivity contribution < 1.29 is 4.55 Å². The van der Waals surface area contributed by atoms with E-state index in [0.717, 1.165) is 22.5 Å².